The van der Waals surface area contributed by atoms with Crippen molar-refractivity contribution in [2.24, 2.45) is 0 Å². The Balaban J connectivity index is 1.89. The van der Waals surface area contributed by atoms with Gasteiger partial charge in [-0.1, -0.05) is 0 Å². The van der Waals surface area contributed by atoms with Gasteiger partial charge in [-0.05, 0) is 19.8 Å². The van der Waals surface area contributed by atoms with Crippen LogP contribution in [0.4, 0.5) is 4.79 Å². The first kappa shape index (κ1) is 9.77. The molecule has 0 aliphatic carbocycles. The molecule has 4 heteroatoms. The molecule has 0 bridgehead atoms. The Kier molecular flexibility index (Phi) is 2.91. The molecule has 2 heterocycles. The second-order valence-corrected chi connectivity index (χ2v) is 4.28. The van der Waals surface area contributed by atoms with E-state index in [4.69, 9.17) is 0 Å². The molecule has 1 N–H and O–H groups in total. The van der Waals surface area contributed by atoms with Gasteiger partial charge in [-0.25, -0.2) is 4.79 Å². The number of carbonyl (C=O) groups excluding carboxylic acids is 1. The predicted molar refractivity (Wildman–Crippen MR) is 55.2 cm³/mol. The van der Waals surface area contributed by atoms with Crippen molar-refractivity contribution in [1.82, 2.24) is 15.1 Å². The molecule has 2 amide bonds. The Morgan fingerprint density at radius 1 is 1.21 bits per heavy atom. The summed E-state index contributed by atoms with van der Waals surface area (Å²) in [5.41, 5.74) is 0. The summed E-state index contributed by atoms with van der Waals surface area (Å²) in [5, 5.41) is 3.34. The number of nitrogens with one attached hydrogen (secondary N) is 1. The van der Waals surface area contributed by atoms with Crippen LogP contribution in [0.25, 0.3) is 0 Å². The quantitative estimate of drug-likeness (QED) is 0.613. The van der Waals surface area contributed by atoms with Crippen molar-refractivity contribution in [3.63, 3.8) is 0 Å². The number of likely N-dealkylation sites (tertiary alicyclic amines) is 1. The van der Waals surface area contributed by atoms with Gasteiger partial charge in [-0.3, -0.25) is 0 Å². The number of nitrogens with zero attached hydrogens (tertiary/aromatic N) is 2. The molecule has 0 aromatic heterocycles. The fourth-order valence-electron chi connectivity index (χ4n) is 2.21. The fraction of sp³-hybridized carbons (Fsp3) is 0.900. The molecular weight excluding hydrogens is 178 g/mol. The lowest BCUT2D eigenvalue weighted by molar-refractivity contribution is 0.147. The molecule has 2 saturated heterocycles. The molecule has 0 radical (unpaired) electrons. The van der Waals surface area contributed by atoms with Crippen LogP contribution in [0.2, 0.25) is 0 Å². The van der Waals surface area contributed by atoms with Crippen molar-refractivity contribution in [3.8, 4) is 0 Å². The van der Waals surface area contributed by atoms with Gasteiger partial charge in [0.25, 0.3) is 0 Å². The maximum atomic E-state index is 12.0. The molecule has 0 spiro atoms. The zero-order valence-corrected chi connectivity index (χ0v) is 8.83. The number of hydrogen-bond donors (Lipinski definition) is 1. The van der Waals surface area contributed by atoms with Crippen LogP contribution in [-0.4, -0.2) is 54.6 Å². The van der Waals surface area contributed by atoms with Crippen LogP contribution in [0.1, 0.15) is 19.8 Å². The normalized spacial score (nSPS) is 28.2. The molecule has 2 aliphatic heterocycles. The van der Waals surface area contributed by atoms with Crippen LogP contribution in [0, 0.1) is 0 Å². The maximum absolute atomic E-state index is 12.0. The standard InChI is InChI=1S/C10H19N3O/c1-9-8-13(7-4-11-9)10(14)12-5-2-3-6-12/h9,11H,2-8H2,1H3/t9-/m0/s1. The van der Waals surface area contributed by atoms with Gasteiger partial charge >= 0.3 is 6.03 Å². The minimum atomic E-state index is 0.246. The van der Waals surface area contributed by atoms with Crippen molar-refractivity contribution >= 4 is 6.03 Å². The highest BCUT2D eigenvalue weighted by molar-refractivity contribution is 5.74. The predicted octanol–water partition coefficient (Wildman–Crippen LogP) is 0.496. The zero-order valence-electron chi connectivity index (χ0n) is 8.83. The molecule has 14 heavy (non-hydrogen) atoms. The summed E-state index contributed by atoms with van der Waals surface area (Å²) in [4.78, 5) is 15.9. The highest BCUT2D eigenvalue weighted by atomic mass is 16.2. The lowest BCUT2D eigenvalue weighted by Gasteiger charge is -2.34. The van der Waals surface area contributed by atoms with Crippen LogP contribution in [0.15, 0.2) is 0 Å². The SMILES string of the molecule is C[C@H]1CN(C(=O)N2CCCC2)CCN1. The second kappa shape index (κ2) is 4.17. The summed E-state index contributed by atoms with van der Waals surface area (Å²) >= 11 is 0. The fourth-order valence-corrected chi connectivity index (χ4v) is 2.21. The van der Waals surface area contributed by atoms with E-state index in [1.54, 1.807) is 0 Å². The van der Waals surface area contributed by atoms with Crippen LogP contribution in [0.3, 0.4) is 0 Å². The third-order valence-corrected chi connectivity index (χ3v) is 3.02. The van der Waals surface area contributed by atoms with E-state index < -0.39 is 0 Å². The largest absolute Gasteiger partial charge is 0.325 e. The first-order chi connectivity index (χ1) is 6.77. The smallest absolute Gasteiger partial charge is 0.320 e. The third-order valence-electron chi connectivity index (χ3n) is 3.02. The summed E-state index contributed by atoms with van der Waals surface area (Å²) < 4.78 is 0. The molecule has 0 aromatic rings. The van der Waals surface area contributed by atoms with Crippen LogP contribution in [0.5, 0.6) is 0 Å². The van der Waals surface area contributed by atoms with E-state index in [1.165, 1.54) is 12.8 Å². The second-order valence-electron chi connectivity index (χ2n) is 4.28. The maximum Gasteiger partial charge on any atom is 0.320 e. The summed E-state index contributed by atoms with van der Waals surface area (Å²) in [6.45, 7) is 6.69. The van der Waals surface area contributed by atoms with Crippen LogP contribution in [-0.2, 0) is 0 Å². The van der Waals surface area contributed by atoms with E-state index in [2.05, 4.69) is 12.2 Å². The summed E-state index contributed by atoms with van der Waals surface area (Å²) in [6.07, 6.45) is 2.35. The van der Waals surface area contributed by atoms with Gasteiger partial charge in [0.05, 0.1) is 0 Å². The molecule has 0 aromatic carbocycles. The Labute approximate surface area is 85.2 Å². The number of carbonyl (C=O) groups is 1. The first-order valence-corrected chi connectivity index (χ1v) is 5.54. The van der Waals surface area contributed by atoms with Crippen molar-refractivity contribution in [2.45, 2.75) is 25.8 Å². The van der Waals surface area contributed by atoms with Crippen molar-refractivity contribution in [3.05, 3.63) is 0 Å². The third kappa shape index (κ3) is 2.00. The molecule has 4 nitrogen and oxygen atoms in total. The van der Waals surface area contributed by atoms with E-state index in [0.717, 1.165) is 32.7 Å². The zero-order chi connectivity index (χ0) is 9.97. The Bertz CT molecular complexity index is 213. The minimum Gasteiger partial charge on any atom is -0.325 e. The highest BCUT2D eigenvalue weighted by Crippen LogP contribution is 2.11. The average Bonchev–Trinajstić information content (AvgIpc) is 2.69. The summed E-state index contributed by atoms with van der Waals surface area (Å²) in [7, 11) is 0. The number of hydrogen-bond acceptors (Lipinski definition) is 2. The van der Waals surface area contributed by atoms with Gasteiger partial charge in [-0.2, -0.15) is 0 Å². The van der Waals surface area contributed by atoms with Crippen molar-refractivity contribution in [1.29, 1.82) is 0 Å². The van der Waals surface area contributed by atoms with Crippen LogP contribution >= 0.6 is 0 Å². The van der Waals surface area contributed by atoms with E-state index in [-0.39, 0.29) is 6.03 Å². The van der Waals surface area contributed by atoms with Gasteiger partial charge in [0, 0.05) is 38.8 Å². The van der Waals surface area contributed by atoms with Gasteiger partial charge < -0.3 is 15.1 Å². The van der Waals surface area contributed by atoms with E-state index >= 15 is 0 Å². The van der Waals surface area contributed by atoms with E-state index in [1.807, 2.05) is 9.80 Å². The van der Waals surface area contributed by atoms with Gasteiger partial charge in [-0.15, -0.1) is 0 Å². The molecule has 0 saturated carbocycles. The van der Waals surface area contributed by atoms with E-state index in [9.17, 15) is 4.79 Å². The van der Waals surface area contributed by atoms with Crippen molar-refractivity contribution < 1.29 is 4.79 Å². The van der Waals surface area contributed by atoms with E-state index in [0.29, 0.717) is 6.04 Å². The molecular formula is C10H19N3O. The summed E-state index contributed by atoms with van der Waals surface area (Å²) in [6, 6.07) is 0.686. The summed E-state index contributed by atoms with van der Waals surface area (Å²) in [5.74, 6) is 0. The lowest BCUT2D eigenvalue weighted by atomic mass is 10.2. The van der Waals surface area contributed by atoms with Gasteiger partial charge in [0.1, 0.15) is 0 Å². The lowest BCUT2D eigenvalue weighted by Crippen LogP contribution is -2.54. The first-order valence-electron chi connectivity index (χ1n) is 5.54. The van der Waals surface area contributed by atoms with Gasteiger partial charge in [0.15, 0.2) is 0 Å². The Hall–Kier alpha value is -0.770. The Morgan fingerprint density at radius 3 is 2.57 bits per heavy atom. The monoisotopic (exact) mass is 197 g/mol. The van der Waals surface area contributed by atoms with Crippen LogP contribution < -0.4 is 5.32 Å². The molecule has 1 atom stereocenters. The topological polar surface area (TPSA) is 35.6 Å². The molecule has 2 rings (SSSR count). The highest BCUT2D eigenvalue weighted by Gasteiger charge is 2.26. The average molecular weight is 197 g/mol. The molecule has 2 fully saturated rings. The molecule has 2 aliphatic rings. The Morgan fingerprint density at radius 2 is 1.93 bits per heavy atom. The number of rotatable bonds is 0. The number of piperazine rings is 1. The molecule has 80 valence electrons. The molecule has 0 unspecified atom stereocenters. The number of urea groups is 1. The number of amides is 2. The van der Waals surface area contributed by atoms with Crippen molar-refractivity contribution in [2.75, 3.05) is 32.7 Å². The van der Waals surface area contributed by atoms with Gasteiger partial charge in [0.2, 0.25) is 0 Å². The minimum absolute atomic E-state index is 0.246.